The van der Waals surface area contributed by atoms with Crippen LogP contribution < -0.4 is 0 Å². The smallest absolute Gasteiger partial charge is 0.196 e. The topological polar surface area (TPSA) is 30.7 Å². The minimum atomic E-state index is -0.218. The summed E-state index contributed by atoms with van der Waals surface area (Å²) in [6, 6.07) is 14.7. The van der Waals surface area contributed by atoms with Gasteiger partial charge < -0.3 is 0 Å². The average Bonchev–Trinajstić information content (AvgIpc) is 2.96. The van der Waals surface area contributed by atoms with Gasteiger partial charge in [-0.25, -0.2) is 4.39 Å². The molecule has 1 aromatic heterocycles. The maximum absolute atomic E-state index is 13.0. The van der Waals surface area contributed by atoms with Gasteiger partial charge in [-0.15, -0.1) is 10.2 Å². The summed E-state index contributed by atoms with van der Waals surface area (Å²) < 4.78 is 15.0. The highest BCUT2D eigenvalue weighted by Gasteiger charge is 2.14. The number of aryl methyl sites for hydroxylation is 1. The molecule has 1 unspecified atom stereocenters. The number of nitrogens with zero attached hydrogens (tertiary/aromatic N) is 3. The number of aromatic nitrogens is 3. The van der Waals surface area contributed by atoms with Gasteiger partial charge in [0.05, 0.1) is 5.69 Å². The first-order valence-corrected chi connectivity index (χ1v) is 7.91. The van der Waals surface area contributed by atoms with E-state index in [1.54, 1.807) is 18.1 Å². The third-order valence-electron chi connectivity index (χ3n) is 3.51. The molecule has 1 heterocycles. The van der Waals surface area contributed by atoms with Crippen LogP contribution in [0.2, 0.25) is 0 Å². The third-order valence-corrected chi connectivity index (χ3v) is 4.63. The summed E-state index contributed by atoms with van der Waals surface area (Å²) in [5.74, 6) is -0.218. The van der Waals surface area contributed by atoms with Gasteiger partial charge >= 0.3 is 0 Å². The zero-order valence-corrected chi connectivity index (χ0v) is 13.2. The Bertz CT molecular complexity index is 768. The van der Waals surface area contributed by atoms with Crippen molar-refractivity contribution in [3.05, 3.63) is 71.8 Å². The van der Waals surface area contributed by atoms with Crippen molar-refractivity contribution in [2.45, 2.75) is 24.3 Å². The van der Waals surface area contributed by atoms with Crippen LogP contribution in [0, 0.1) is 12.7 Å². The van der Waals surface area contributed by atoms with Crippen molar-refractivity contribution in [1.29, 1.82) is 0 Å². The van der Waals surface area contributed by atoms with Gasteiger partial charge in [0.15, 0.2) is 5.16 Å². The number of halogens is 1. The second kappa shape index (κ2) is 6.32. The normalized spacial score (nSPS) is 12.3. The minimum Gasteiger partial charge on any atom is -0.276 e. The largest absolute Gasteiger partial charge is 0.276 e. The monoisotopic (exact) mass is 313 g/mol. The SMILES string of the molecule is Cc1ccccc1-n1cnnc1SC(C)c1ccc(F)cc1. The summed E-state index contributed by atoms with van der Waals surface area (Å²) in [6.07, 6.45) is 1.72. The molecule has 0 aliphatic carbocycles. The van der Waals surface area contributed by atoms with Crippen molar-refractivity contribution in [1.82, 2.24) is 14.8 Å². The van der Waals surface area contributed by atoms with Crippen LogP contribution in [-0.2, 0) is 0 Å². The highest BCUT2D eigenvalue weighted by atomic mass is 32.2. The quantitative estimate of drug-likeness (QED) is 0.661. The van der Waals surface area contributed by atoms with Crippen LogP contribution in [0.4, 0.5) is 4.39 Å². The first-order valence-electron chi connectivity index (χ1n) is 7.03. The van der Waals surface area contributed by atoms with E-state index >= 15 is 0 Å². The van der Waals surface area contributed by atoms with Gasteiger partial charge in [-0.2, -0.15) is 0 Å². The van der Waals surface area contributed by atoms with E-state index in [1.165, 1.54) is 17.7 Å². The summed E-state index contributed by atoms with van der Waals surface area (Å²) in [5, 5.41) is 9.24. The van der Waals surface area contributed by atoms with Gasteiger partial charge in [-0.3, -0.25) is 4.57 Å². The molecule has 5 heteroatoms. The molecule has 3 rings (SSSR count). The van der Waals surface area contributed by atoms with Crippen molar-refractivity contribution in [2.75, 3.05) is 0 Å². The molecule has 0 fully saturated rings. The number of rotatable bonds is 4. The van der Waals surface area contributed by atoms with E-state index < -0.39 is 0 Å². The number of hydrogen-bond acceptors (Lipinski definition) is 3. The lowest BCUT2D eigenvalue weighted by atomic mass is 10.2. The Morgan fingerprint density at radius 1 is 1.09 bits per heavy atom. The van der Waals surface area contributed by atoms with E-state index in [0.29, 0.717) is 0 Å². The molecule has 0 aliphatic rings. The molecule has 0 N–H and O–H groups in total. The zero-order chi connectivity index (χ0) is 15.5. The predicted octanol–water partition coefficient (Wildman–Crippen LogP) is 4.57. The Morgan fingerprint density at radius 2 is 1.82 bits per heavy atom. The average molecular weight is 313 g/mol. The van der Waals surface area contributed by atoms with Crippen LogP contribution in [0.25, 0.3) is 5.69 Å². The van der Waals surface area contributed by atoms with Crippen molar-refractivity contribution >= 4 is 11.8 Å². The summed E-state index contributed by atoms with van der Waals surface area (Å²) in [7, 11) is 0. The van der Waals surface area contributed by atoms with Crippen LogP contribution in [-0.4, -0.2) is 14.8 Å². The predicted molar refractivity (Wildman–Crippen MR) is 86.8 cm³/mol. The molecule has 3 nitrogen and oxygen atoms in total. The molecule has 0 aliphatic heterocycles. The van der Waals surface area contributed by atoms with E-state index in [0.717, 1.165) is 16.4 Å². The van der Waals surface area contributed by atoms with E-state index in [1.807, 2.05) is 34.9 Å². The molecule has 0 amide bonds. The lowest BCUT2D eigenvalue weighted by Crippen LogP contribution is -1.99. The highest BCUT2D eigenvalue weighted by molar-refractivity contribution is 7.99. The third kappa shape index (κ3) is 3.04. The maximum atomic E-state index is 13.0. The van der Waals surface area contributed by atoms with Gasteiger partial charge in [0.1, 0.15) is 12.1 Å². The lowest BCUT2D eigenvalue weighted by molar-refractivity contribution is 0.627. The molecule has 0 saturated heterocycles. The fourth-order valence-corrected chi connectivity index (χ4v) is 3.23. The van der Waals surface area contributed by atoms with E-state index in [9.17, 15) is 4.39 Å². The molecule has 2 aromatic carbocycles. The van der Waals surface area contributed by atoms with Gasteiger partial charge in [-0.05, 0) is 43.2 Å². The van der Waals surface area contributed by atoms with E-state index in [2.05, 4.69) is 30.1 Å². The summed E-state index contributed by atoms with van der Waals surface area (Å²) in [5.41, 5.74) is 3.30. The van der Waals surface area contributed by atoms with Crippen LogP contribution in [0.3, 0.4) is 0 Å². The van der Waals surface area contributed by atoms with Gasteiger partial charge in [0.25, 0.3) is 0 Å². The summed E-state index contributed by atoms with van der Waals surface area (Å²) in [6.45, 7) is 4.14. The summed E-state index contributed by atoms with van der Waals surface area (Å²) in [4.78, 5) is 0. The molecule has 1 atom stereocenters. The van der Waals surface area contributed by atoms with Crippen LogP contribution in [0.5, 0.6) is 0 Å². The maximum Gasteiger partial charge on any atom is 0.196 e. The first kappa shape index (κ1) is 14.8. The molecule has 3 aromatic rings. The minimum absolute atomic E-state index is 0.160. The Labute approximate surface area is 133 Å². The molecule has 0 radical (unpaired) electrons. The molecule has 0 bridgehead atoms. The van der Waals surface area contributed by atoms with Crippen molar-refractivity contribution in [3.8, 4) is 5.69 Å². The Hall–Kier alpha value is -2.14. The molecular formula is C17H16FN3S. The van der Waals surface area contributed by atoms with Crippen LogP contribution in [0.1, 0.15) is 23.3 Å². The summed E-state index contributed by atoms with van der Waals surface area (Å²) >= 11 is 1.61. The lowest BCUT2D eigenvalue weighted by Gasteiger charge is -2.13. The number of benzene rings is 2. The Morgan fingerprint density at radius 3 is 2.55 bits per heavy atom. The van der Waals surface area contributed by atoms with Crippen molar-refractivity contribution < 1.29 is 4.39 Å². The molecule has 22 heavy (non-hydrogen) atoms. The zero-order valence-electron chi connectivity index (χ0n) is 12.4. The second-order valence-corrected chi connectivity index (χ2v) is 6.39. The Kier molecular flexibility index (Phi) is 4.24. The van der Waals surface area contributed by atoms with Gasteiger partial charge in [-0.1, -0.05) is 42.1 Å². The van der Waals surface area contributed by atoms with Crippen molar-refractivity contribution in [2.24, 2.45) is 0 Å². The fraction of sp³-hybridized carbons (Fsp3) is 0.176. The molecule has 112 valence electrons. The highest BCUT2D eigenvalue weighted by Crippen LogP contribution is 2.34. The van der Waals surface area contributed by atoms with E-state index in [-0.39, 0.29) is 11.1 Å². The molecular weight excluding hydrogens is 297 g/mol. The fourth-order valence-electron chi connectivity index (χ4n) is 2.26. The number of hydrogen-bond donors (Lipinski definition) is 0. The number of para-hydroxylation sites is 1. The van der Waals surface area contributed by atoms with E-state index in [4.69, 9.17) is 0 Å². The second-order valence-electron chi connectivity index (χ2n) is 5.08. The Balaban J connectivity index is 1.87. The first-order chi connectivity index (χ1) is 10.6. The molecule has 0 spiro atoms. The number of thioether (sulfide) groups is 1. The van der Waals surface area contributed by atoms with Crippen LogP contribution in [0.15, 0.2) is 60.0 Å². The van der Waals surface area contributed by atoms with Gasteiger partial charge in [0, 0.05) is 5.25 Å². The van der Waals surface area contributed by atoms with Gasteiger partial charge in [0.2, 0.25) is 0 Å². The van der Waals surface area contributed by atoms with Crippen LogP contribution >= 0.6 is 11.8 Å². The molecule has 0 saturated carbocycles. The van der Waals surface area contributed by atoms with Crippen molar-refractivity contribution in [3.63, 3.8) is 0 Å². The standard InChI is InChI=1S/C17H16FN3S/c1-12-5-3-4-6-16(12)21-11-19-20-17(21)22-13(2)14-7-9-15(18)10-8-14/h3-11,13H,1-2H3.